The molecule has 0 aliphatic carbocycles. The van der Waals surface area contributed by atoms with Gasteiger partial charge in [0.25, 0.3) is 0 Å². The summed E-state index contributed by atoms with van der Waals surface area (Å²) in [6.07, 6.45) is 0.704. The van der Waals surface area contributed by atoms with Gasteiger partial charge >= 0.3 is 0 Å². The Kier molecular flexibility index (Phi) is 4.29. The molecule has 0 spiro atoms. The lowest BCUT2D eigenvalue weighted by Gasteiger charge is -2.17. The summed E-state index contributed by atoms with van der Waals surface area (Å²) < 4.78 is 5.33. The van der Waals surface area contributed by atoms with Crippen molar-refractivity contribution in [3.05, 3.63) is 28.8 Å². The number of halogens is 1. The number of rotatable bonds is 4. The molecule has 92 valence electrons. The van der Waals surface area contributed by atoms with Crippen LogP contribution in [0.5, 0.6) is 5.75 Å². The molecule has 0 radical (unpaired) electrons. The van der Waals surface area contributed by atoms with Crippen LogP contribution in [-0.2, 0) is 4.79 Å². The van der Waals surface area contributed by atoms with Crippen molar-refractivity contribution in [3.63, 3.8) is 0 Å². The van der Waals surface area contributed by atoms with Gasteiger partial charge in [-0.3, -0.25) is 9.59 Å². The van der Waals surface area contributed by atoms with Gasteiger partial charge in [-0.05, 0) is 18.2 Å². The standard InChI is InChI=1S/C13H15ClO3/c1-13(2,3)12(16)8-17-11-5-4-9(7-15)6-10(11)14/h4-7H,8H2,1-3H3. The quantitative estimate of drug-likeness (QED) is 0.776. The van der Waals surface area contributed by atoms with Gasteiger partial charge in [0.15, 0.2) is 5.78 Å². The van der Waals surface area contributed by atoms with Crippen LogP contribution in [0.4, 0.5) is 0 Å². The zero-order chi connectivity index (χ0) is 13.1. The highest BCUT2D eigenvalue weighted by atomic mass is 35.5. The monoisotopic (exact) mass is 254 g/mol. The molecule has 0 bridgehead atoms. The van der Waals surface area contributed by atoms with Crippen LogP contribution in [0.3, 0.4) is 0 Å². The summed E-state index contributed by atoms with van der Waals surface area (Å²) in [7, 11) is 0. The number of ketones is 1. The molecule has 0 atom stereocenters. The molecule has 1 rings (SSSR count). The normalized spacial score (nSPS) is 11.1. The number of benzene rings is 1. The van der Waals surface area contributed by atoms with Gasteiger partial charge in [0, 0.05) is 11.0 Å². The Morgan fingerprint density at radius 1 is 1.41 bits per heavy atom. The number of aldehydes is 1. The molecule has 0 aliphatic rings. The van der Waals surface area contributed by atoms with Crippen molar-refractivity contribution < 1.29 is 14.3 Å². The first-order chi connectivity index (χ1) is 7.84. The summed E-state index contributed by atoms with van der Waals surface area (Å²) in [6.45, 7) is 5.46. The summed E-state index contributed by atoms with van der Waals surface area (Å²) in [5.74, 6) is 0.405. The van der Waals surface area contributed by atoms with Crippen molar-refractivity contribution >= 4 is 23.7 Å². The average Bonchev–Trinajstić information content (AvgIpc) is 2.25. The minimum Gasteiger partial charge on any atom is -0.484 e. The van der Waals surface area contributed by atoms with Crippen molar-refractivity contribution in [2.45, 2.75) is 20.8 Å². The van der Waals surface area contributed by atoms with E-state index in [0.717, 1.165) is 0 Å². The molecule has 3 nitrogen and oxygen atoms in total. The van der Waals surface area contributed by atoms with Crippen molar-refractivity contribution in [2.24, 2.45) is 5.41 Å². The van der Waals surface area contributed by atoms with E-state index in [1.165, 1.54) is 6.07 Å². The van der Waals surface area contributed by atoms with E-state index in [0.29, 0.717) is 22.6 Å². The van der Waals surface area contributed by atoms with Gasteiger partial charge in [-0.1, -0.05) is 32.4 Å². The van der Waals surface area contributed by atoms with Gasteiger partial charge in [0.1, 0.15) is 18.6 Å². The van der Waals surface area contributed by atoms with Crippen LogP contribution in [-0.4, -0.2) is 18.7 Å². The topological polar surface area (TPSA) is 43.4 Å². The lowest BCUT2D eigenvalue weighted by molar-refractivity contribution is -0.128. The van der Waals surface area contributed by atoms with Crippen LogP contribution in [0.1, 0.15) is 31.1 Å². The molecule has 0 unspecified atom stereocenters. The summed E-state index contributed by atoms with van der Waals surface area (Å²) in [5, 5.41) is 0.330. The summed E-state index contributed by atoms with van der Waals surface area (Å²) in [5.41, 5.74) is 0.0411. The van der Waals surface area contributed by atoms with E-state index in [9.17, 15) is 9.59 Å². The van der Waals surface area contributed by atoms with Crippen LogP contribution in [0.15, 0.2) is 18.2 Å². The van der Waals surface area contributed by atoms with E-state index in [4.69, 9.17) is 16.3 Å². The Hall–Kier alpha value is -1.35. The zero-order valence-corrected chi connectivity index (χ0v) is 10.9. The molecule has 0 N–H and O–H groups in total. The Labute approximate surface area is 106 Å². The molecule has 0 aliphatic heterocycles. The van der Waals surface area contributed by atoms with Crippen molar-refractivity contribution in [1.29, 1.82) is 0 Å². The first-order valence-electron chi connectivity index (χ1n) is 5.25. The van der Waals surface area contributed by atoms with E-state index in [1.807, 2.05) is 20.8 Å². The summed E-state index contributed by atoms with van der Waals surface area (Å²) in [4.78, 5) is 22.2. The molecule has 0 fully saturated rings. The highest BCUT2D eigenvalue weighted by Gasteiger charge is 2.21. The number of Topliss-reactive ketones (excluding diaryl/α,β-unsaturated/α-hetero) is 1. The second-order valence-corrected chi connectivity index (χ2v) is 5.18. The van der Waals surface area contributed by atoms with Gasteiger partial charge in [-0.2, -0.15) is 0 Å². The number of hydrogen-bond donors (Lipinski definition) is 0. The predicted octanol–water partition coefficient (Wildman–Crippen LogP) is 3.15. The number of hydrogen-bond acceptors (Lipinski definition) is 3. The molecular weight excluding hydrogens is 240 g/mol. The molecule has 0 saturated carbocycles. The highest BCUT2D eigenvalue weighted by Crippen LogP contribution is 2.25. The van der Waals surface area contributed by atoms with Gasteiger partial charge < -0.3 is 4.74 Å². The van der Waals surface area contributed by atoms with Gasteiger partial charge in [0.2, 0.25) is 0 Å². The molecular formula is C13H15ClO3. The lowest BCUT2D eigenvalue weighted by Crippen LogP contribution is -2.26. The third-order valence-corrected chi connectivity index (χ3v) is 2.58. The first kappa shape index (κ1) is 13.7. The maximum absolute atomic E-state index is 11.6. The van der Waals surface area contributed by atoms with Gasteiger partial charge in [-0.25, -0.2) is 0 Å². The van der Waals surface area contributed by atoms with E-state index in [2.05, 4.69) is 0 Å². The number of carbonyl (C=O) groups is 2. The highest BCUT2D eigenvalue weighted by molar-refractivity contribution is 6.32. The molecule has 0 aromatic heterocycles. The molecule has 1 aromatic rings. The molecule has 1 aromatic carbocycles. The molecule has 17 heavy (non-hydrogen) atoms. The minimum atomic E-state index is -0.435. The lowest BCUT2D eigenvalue weighted by atomic mass is 9.91. The fraction of sp³-hybridized carbons (Fsp3) is 0.385. The van der Waals surface area contributed by atoms with E-state index < -0.39 is 5.41 Å². The summed E-state index contributed by atoms with van der Waals surface area (Å²) in [6, 6.07) is 4.68. The smallest absolute Gasteiger partial charge is 0.175 e. The summed E-state index contributed by atoms with van der Waals surface area (Å²) >= 11 is 5.91. The zero-order valence-electron chi connectivity index (χ0n) is 10.1. The SMILES string of the molecule is CC(C)(C)C(=O)COc1ccc(C=O)cc1Cl. The molecule has 0 amide bonds. The second-order valence-electron chi connectivity index (χ2n) is 4.77. The predicted molar refractivity (Wildman–Crippen MR) is 66.8 cm³/mol. The largest absolute Gasteiger partial charge is 0.484 e. The van der Waals surface area contributed by atoms with Crippen LogP contribution in [0.2, 0.25) is 5.02 Å². The van der Waals surface area contributed by atoms with Crippen LogP contribution >= 0.6 is 11.6 Å². The van der Waals surface area contributed by atoms with E-state index >= 15 is 0 Å². The first-order valence-corrected chi connectivity index (χ1v) is 5.63. The Morgan fingerprint density at radius 2 is 2.06 bits per heavy atom. The Bertz CT molecular complexity index is 433. The van der Waals surface area contributed by atoms with E-state index in [1.54, 1.807) is 12.1 Å². The van der Waals surface area contributed by atoms with E-state index in [-0.39, 0.29) is 12.4 Å². The maximum atomic E-state index is 11.6. The number of ether oxygens (including phenoxy) is 1. The van der Waals surface area contributed by atoms with Gasteiger partial charge in [0.05, 0.1) is 5.02 Å². The minimum absolute atomic E-state index is 0.00645. The van der Waals surface area contributed by atoms with Crippen LogP contribution < -0.4 is 4.74 Å². The van der Waals surface area contributed by atoms with Crippen molar-refractivity contribution in [1.82, 2.24) is 0 Å². The molecule has 4 heteroatoms. The third-order valence-electron chi connectivity index (χ3n) is 2.29. The molecule has 0 heterocycles. The van der Waals surface area contributed by atoms with Crippen LogP contribution in [0.25, 0.3) is 0 Å². The third kappa shape index (κ3) is 3.86. The Balaban J connectivity index is 2.70. The fourth-order valence-electron chi connectivity index (χ4n) is 1.07. The molecule has 0 saturated heterocycles. The second kappa shape index (κ2) is 5.32. The van der Waals surface area contributed by atoms with Crippen molar-refractivity contribution in [3.8, 4) is 5.75 Å². The van der Waals surface area contributed by atoms with Crippen molar-refractivity contribution in [2.75, 3.05) is 6.61 Å². The average molecular weight is 255 g/mol. The van der Waals surface area contributed by atoms with Gasteiger partial charge in [-0.15, -0.1) is 0 Å². The maximum Gasteiger partial charge on any atom is 0.175 e. The number of carbonyl (C=O) groups excluding carboxylic acids is 2. The Morgan fingerprint density at radius 3 is 2.53 bits per heavy atom. The fourth-order valence-corrected chi connectivity index (χ4v) is 1.31. The van der Waals surface area contributed by atoms with Crippen LogP contribution in [0, 0.1) is 5.41 Å².